The molecule has 0 fully saturated rings. The number of halogens is 1. The Morgan fingerprint density at radius 2 is 1.85 bits per heavy atom. The largest absolute Gasteiger partial charge is 0.485 e. The summed E-state index contributed by atoms with van der Waals surface area (Å²) in [6.45, 7) is 6.18. The van der Waals surface area contributed by atoms with Crippen LogP contribution < -0.4 is 9.04 Å². The fourth-order valence-electron chi connectivity index (χ4n) is 3.20. The molecule has 1 atom stereocenters. The SMILES string of the molecule is COC(=O)c1ccc(COc2cc(C)c(C)cc2N(CC(C)F)S(=O)(=O)c2ccc(C)o2)nc1. The second kappa shape index (κ2) is 10.3. The number of furan rings is 1. The fraction of sp³-hybridized carbons (Fsp3) is 0.333. The van der Waals surface area contributed by atoms with Crippen molar-refractivity contribution < 1.29 is 31.5 Å². The van der Waals surface area contributed by atoms with Gasteiger partial charge in [0.15, 0.2) is 0 Å². The number of carbonyl (C=O) groups is 1. The second-order valence-electron chi connectivity index (χ2n) is 7.90. The number of methoxy groups -OCH3 is 1. The quantitative estimate of drug-likeness (QED) is 0.407. The maximum absolute atomic E-state index is 14.2. The van der Waals surface area contributed by atoms with Crippen molar-refractivity contribution in [2.45, 2.75) is 45.6 Å². The van der Waals surface area contributed by atoms with E-state index in [9.17, 15) is 17.6 Å². The molecule has 1 unspecified atom stereocenters. The number of aryl methyl sites for hydroxylation is 3. The van der Waals surface area contributed by atoms with Crippen LogP contribution >= 0.6 is 0 Å². The lowest BCUT2D eigenvalue weighted by molar-refractivity contribution is 0.0600. The van der Waals surface area contributed by atoms with E-state index in [-0.39, 0.29) is 23.1 Å². The third kappa shape index (κ3) is 5.56. The Hall–Kier alpha value is -3.40. The van der Waals surface area contributed by atoms with Crippen LogP contribution in [-0.4, -0.2) is 39.2 Å². The smallest absolute Gasteiger partial charge is 0.339 e. The van der Waals surface area contributed by atoms with Gasteiger partial charge in [-0.15, -0.1) is 0 Å². The molecule has 0 aliphatic heterocycles. The summed E-state index contributed by atoms with van der Waals surface area (Å²) in [5.74, 6) is 0.157. The summed E-state index contributed by atoms with van der Waals surface area (Å²) < 4.78 is 57.9. The zero-order valence-corrected chi connectivity index (χ0v) is 20.5. The first-order valence-electron chi connectivity index (χ1n) is 10.5. The van der Waals surface area contributed by atoms with Crippen molar-refractivity contribution in [2.24, 2.45) is 0 Å². The normalized spacial score (nSPS) is 12.3. The van der Waals surface area contributed by atoms with Gasteiger partial charge in [-0.3, -0.25) is 9.29 Å². The molecule has 1 aromatic carbocycles. The average molecular weight is 491 g/mol. The molecule has 0 saturated heterocycles. The zero-order chi connectivity index (χ0) is 25.0. The number of esters is 1. The Morgan fingerprint density at radius 1 is 1.15 bits per heavy atom. The van der Waals surface area contributed by atoms with Crippen LogP contribution in [0, 0.1) is 20.8 Å². The van der Waals surface area contributed by atoms with E-state index >= 15 is 0 Å². The summed E-state index contributed by atoms with van der Waals surface area (Å²) in [6, 6.07) is 9.39. The number of benzene rings is 1. The molecular weight excluding hydrogens is 463 g/mol. The van der Waals surface area contributed by atoms with E-state index in [1.807, 2.05) is 13.8 Å². The van der Waals surface area contributed by atoms with Crippen LogP contribution in [0.15, 0.2) is 52.1 Å². The molecular formula is C24H27FN2O6S. The van der Waals surface area contributed by atoms with Crippen LogP contribution in [0.5, 0.6) is 5.75 Å². The Morgan fingerprint density at radius 3 is 2.41 bits per heavy atom. The van der Waals surface area contributed by atoms with Gasteiger partial charge in [0.05, 0.1) is 30.6 Å². The van der Waals surface area contributed by atoms with Gasteiger partial charge >= 0.3 is 5.97 Å². The van der Waals surface area contributed by atoms with E-state index in [1.54, 1.807) is 31.2 Å². The predicted octanol–water partition coefficient (Wildman–Crippen LogP) is 4.52. The van der Waals surface area contributed by atoms with Gasteiger partial charge in [-0.25, -0.2) is 9.18 Å². The molecule has 0 bridgehead atoms. The highest BCUT2D eigenvalue weighted by Crippen LogP contribution is 2.36. The molecule has 3 rings (SSSR count). The summed E-state index contributed by atoms with van der Waals surface area (Å²) in [5, 5.41) is -0.283. The number of pyridine rings is 1. The lowest BCUT2D eigenvalue weighted by atomic mass is 10.1. The number of rotatable bonds is 9. The minimum atomic E-state index is -4.20. The van der Waals surface area contributed by atoms with Gasteiger partial charge in [-0.05, 0) is 75.2 Å². The van der Waals surface area contributed by atoms with E-state index in [0.717, 1.165) is 15.4 Å². The molecule has 2 heterocycles. The van der Waals surface area contributed by atoms with Crippen LogP contribution in [0.3, 0.4) is 0 Å². The van der Waals surface area contributed by atoms with Crippen molar-refractivity contribution in [3.05, 3.63) is 70.7 Å². The zero-order valence-electron chi connectivity index (χ0n) is 19.7. The summed E-state index contributed by atoms with van der Waals surface area (Å²) in [5.41, 5.74) is 2.66. The summed E-state index contributed by atoms with van der Waals surface area (Å²) >= 11 is 0. The first-order chi connectivity index (χ1) is 16.0. The molecule has 2 aromatic heterocycles. The lowest BCUT2D eigenvalue weighted by Crippen LogP contribution is -2.35. The Bertz CT molecular complexity index is 1270. The van der Waals surface area contributed by atoms with E-state index in [2.05, 4.69) is 9.72 Å². The molecule has 3 aromatic rings. The van der Waals surface area contributed by atoms with Crippen molar-refractivity contribution in [3.63, 3.8) is 0 Å². The average Bonchev–Trinajstić information content (AvgIpc) is 3.25. The van der Waals surface area contributed by atoms with Crippen molar-refractivity contribution in [1.29, 1.82) is 0 Å². The van der Waals surface area contributed by atoms with Crippen LogP contribution in [0.25, 0.3) is 0 Å². The Kier molecular flexibility index (Phi) is 7.61. The van der Waals surface area contributed by atoms with Gasteiger partial charge in [0.25, 0.3) is 10.0 Å². The Labute approximate surface area is 198 Å². The van der Waals surface area contributed by atoms with Crippen LogP contribution in [0.1, 0.15) is 39.9 Å². The molecule has 0 saturated carbocycles. The van der Waals surface area contributed by atoms with Crippen molar-refractivity contribution in [1.82, 2.24) is 4.98 Å². The van der Waals surface area contributed by atoms with E-state index < -0.39 is 28.7 Å². The highest BCUT2D eigenvalue weighted by molar-refractivity contribution is 7.92. The molecule has 8 nitrogen and oxygen atoms in total. The number of alkyl halides is 1. The molecule has 0 aliphatic rings. The fourth-order valence-corrected chi connectivity index (χ4v) is 4.70. The number of aromatic nitrogens is 1. The number of nitrogens with zero attached hydrogens (tertiary/aromatic N) is 2. The maximum atomic E-state index is 14.2. The van der Waals surface area contributed by atoms with E-state index in [4.69, 9.17) is 9.15 Å². The lowest BCUT2D eigenvalue weighted by Gasteiger charge is -2.27. The number of carbonyl (C=O) groups excluding carboxylic acids is 1. The highest BCUT2D eigenvalue weighted by atomic mass is 32.2. The topological polar surface area (TPSA) is 98.9 Å². The van der Waals surface area contributed by atoms with Gasteiger partial charge in [0.2, 0.25) is 5.09 Å². The first-order valence-corrected chi connectivity index (χ1v) is 12.0. The van der Waals surface area contributed by atoms with Gasteiger partial charge in [0.1, 0.15) is 24.3 Å². The molecule has 10 heteroatoms. The van der Waals surface area contributed by atoms with Gasteiger partial charge in [0, 0.05) is 6.20 Å². The second-order valence-corrected chi connectivity index (χ2v) is 9.70. The van der Waals surface area contributed by atoms with Gasteiger partial charge < -0.3 is 13.9 Å². The standard InChI is InChI=1S/C24H27FN2O6S/c1-15-10-21(27(13-17(3)25)34(29,30)23-9-6-18(4)33-23)22(11-16(15)2)32-14-20-8-7-19(12-26-20)24(28)31-5/h6-12,17H,13-14H2,1-5H3. The predicted molar refractivity (Wildman–Crippen MR) is 124 cm³/mol. The molecule has 0 radical (unpaired) electrons. The molecule has 0 N–H and O–H groups in total. The first kappa shape index (κ1) is 25.2. The minimum absolute atomic E-state index is 0.00409. The molecule has 0 amide bonds. The third-order valence-corrected chi connectivity index (χ3v) is 6.80. The summed E-state index contributed by atoms with van der Waals surface area (Å²) in [6.07, 6.45) is -0.0834. The van der Waals surface area contributed by atoms with E-state index in [0.29, 0.717) is 17.0 Å². The third-order valence-electron chi connectivity index (χ3n) is 5.14. The van der Waals surface area contributed by atoms with Crippen molar-refractivity contribution >= 4 is 21.7 Å². The number of anilines is 1. The number of ether oxygens (including phenoxy) is 2. The number of hydrogen-bond donors (Lipinski definition) is 0. The molecule has 182 valence electrons. The Balaban J connectivity index is 1.99. The van der Waals surface area contributed by atoms with Gasteiger partial charge in [-0.2, -0.15) is 8.42 Å². The molecule has 0 spiro atoms. The van der Waals surface area contributed by atoms with Crippen molar-refractivity contribution in [2.75, 3.05) is 18.0 Å². The maximum Gasteiger partial charge on any atom is 0.339 e. The van der Waals surface area contributed by atoms with E-state index in [1.165, 1.54) is 32.4 Å². The summed E-state index contributed by atoms with van der Waals surface area (Å²) in [4.78, 5) is 15.8. The highest BCUT2D eigenvalue weighted by Gasteiger charge is 2.32. The molecule has 0 aliphatic carbocycles. The molecule has 34 heavy (non-hydrogen) atoms. The summed E-state index contributed by atoms with van der Waals surface area (Å²) in [7, 11) is -2.92. The number of hydrogen-bond acceptors (Lipinski definition) is 7. The van der Waals surface area contributed by atoms with Crippen molar-refractivity contribution in [3.8, 4) is 5.75 Å². The number of sulfonamides is 1. The van der Waals surface area contributed by atoms with Gasteiger partial charge in [-0.1, -0.05) is 0 Å². The minimum Gasteiger partial charge on any atom is -0.485 e. The van der Waals surface area contributed by atoms with Crippen LogP contribution in [0.2, 0.25) is 0 Å². The monoisotopic (exact) mass is 490 g/mol. The van der Waals surface area contributed by atoms with Crippen LogP contribution in [-0.2, 0) is 21.4 Å². The van der Waals surface area contributed by atoms with Crippen LogP contribution in [0.4, 0.5) is 10.1 Å².